The first-order chi connectivity index (χ1) is 8.16. The van der Waals surface area contributed by atoms with Gasteiger partial charge in [0, 0.05) is 25.0 Å². The molecule has 0 bridgehead atoms. The molecule has 6 nitrogen and oxygen atoms in total. The predicted octanol–water partition coefficient (Wildman–Crippen LogP) is 0.454. The van der Waals surface area contributed by atoms with Crippen LogP contribution in [-0.2, 0) is 11.8 Å². The monoisotopic (exact) mass is 231 g/mol. The van der Waals surface area contributed by atoms with Gasteiger partial charge < -0.3 is 11.1 Å². The van der Waals surface area contributed by atoms with Gasteiger partial charge in [-0.25, -0.2) is 4.98 Å². The number of aromatic nitrogens is 3. The van der Waals surface area contributed by atoms with Crippen molar-refractivity contribution in [1.29, 1.82) is 0 Å². The Balaban J connectivity index is 2.06. The molecule has 2 aromatic rings. The molecule has 0 radical (unpaired) electrons. The third-order valence-corrected chi connectivity index (χ3v) is 2.28. The smallest absolute Gasteiger partial charge is 0.247 e. The van der Waals surface area contributed by atoms with Crippen LogP contribution in [0.4, 0.5) is 5.82 Å². The molecule has 0 aliphatic rings. The summed E-state index contributed by atoms with van der Waals surface area (Å²) in [5.74, 6) is 0.175. The number of rotatable bonds is 3. The molecule has 0 aliphatic heterocycles. The van der Waals surface area contributed by atoms with E-state index in [0.29, 0.717) is 11.4 Å². The Kier molecular flexibility index (Phi) is 3.15. The number of carbonyl (C=O) groups is 1. The fraction of sp³-hybridized carbons (Fsp3) is 0.182. The number of nitrogens with two attached hydrogens (primary N) is 1. The Morgan fingerprint density at radius 1 is 1.53 bits per heavy atom. The molecule has 17 heavy (non-hydrogen) atoms. The fourth-order valence-corrected chi connectivity index (χ4v) is 1.39. The van der Waals surface area contributed by atoms with Crippen molar-refractivity contribution < 1.29 is 4.79 Å². The van der Waals surface area contributed by atoms with Crippen LogP contribution in [0.3, 0.4) is 0 Å². The van der Waals surface area contributed by atoms with Gasteiger partial charge in [-0.2, -0.15) is 5.10 Å². The highest BCUT2D eigenvalue weighted by Gasteiger charge is 2.17. The number of anilines is 1. The minimum atomic E-state index is -0.745. The SMILES string of the molecule is Cn1cc(C(N)C(=O)Nc2ccccn2)cn1. The number of carbonyl (C=O) groups excluding carboxylic acids is 1. The number of hydrogen-bond acceptors (Lipinski definition) is 4. The standard InChI is InChI=1S/C11H13N5O/c1-16-7-8(6-14-16)10(12)11(17)15-9-4-2-3-5-13-9/h2-7,10H,12H2,1H3,(H,13,15,17). The summed E-state index contributed by atoms with van der Waals surface area (Å²) in [4.78, 5) is 15.8. The Morgan fingerprint density at radius 3 is 2.94 bits per heavy atom. The second kappa shape index (κ2) is 4.75. The topological polar surface area (TPSA) is 85.8 Å². The van der Waals surface area contributed by atoms with E-state index >= 15 is 0 Å². The zero-order valence-corrected chi connectivity index (χ0v) is 9.37. The summed E-state index contributed by atoms with van der Waals surface area (Å²) in [6.45, 7) is 0. The third-order valence-electron chi connectivity index (χ3n) is 2.28. The molecule has 6 heteroatoms. The summed E-state index contributed by atoms with van der Waals surface area (Å²) in [5.41, 5.74) is 6.47. The number of aryl methyl sites for hydroxylation is 1. The summed E-state index contributed by atoms with van der Waals surface area (Å²) >= 11 is 0. The molecule has 1 amide bonds. The molecule has 2 rings (SSSR count). The Hall–Kier alpha value is -2.21. The van der Waals surface area contributed by atoms with Crippen molar-refractivity contribution in [3.63, 3.8) is 0 Å². The highest BCUT2D eigenvalue weighted by Crippen LogP contribution is 2.11. The maximum Gasteiger partial charge on any atom is 0.247 e. The highest BCUT2D eigenvalue weighted by molar-refractivity contribution is 5.94. The van der Waals surface area contributed by atoms with Crippen LogP contribution in [0, 0.1) is 0 Å². The van der Waals surface area contributed by atoms with Gasteiger partial charge in [-0.1, -0.05) is 6.07 Å². The van der Waals surface area contributed by atoms with Gasteiger partial charge in [0.1, 0.15) is 11.9 Å². The van der Waals surface area contributed by atoms with E-state index < -0.39 is 6.04 Å². The van der Waals surface area contributed by atoms with E-state index in [4.69, 9.17) is 5.73 Å². The van der Waals surface area contributed by atoms with Gasteiger partial charge >= 0.3 is 0 Å². The first-order valence-electron chi connectivity index (χ1n) is 5.13. The van der Waals surface area contributed by atoms with Crippen LogP contribution in [0.5, 0.6) is 0 Å². The number of nitrogens with zero attached hydrogens (tertiary/aromatic N) is 3. The molecule has 88 valence electrons. The van der Waals surface area contributed by atoms with Gasteiger partial charge in [0.15, 0.2) is 0 Å². The second-order valence-electron chi connectivity index (χ2n) is 3.63. The van der Waals surface area contributed by atoms with E-state index in [0.717, 1.165) is 0 Å². The number of pyridine rings is 1. The average Bonchev–Trinajstić information content (AvgIpc) is 2.76. The zero-order valence-electron chi connectivity index (χ0n) is 9.37. The maximum absolute atomic E-state index is 11.8. The molecular formula is C11H13N5O. The summed E-state index contributed by atoms with van der Waals surface area (Å²) < 4.78 is 1.60. The average molecular weight is 231 g/mol. The number of nitrogens with one attached hydrogen (secondary N) is 1. The van der Waals surface area contributed by atoms with Gasteiger partial charge in [0.05, 0.1) is 6.20 Å². The van der Waals surface area contributed by atoms with Gasteiger partial charge in [-0.05, 0) is 12.1 Å². The molecule has 0 spiro atoms. The zero-order chi connectivity index (χ0) is 12.3. The van der Waals surface area contributed by atoms with Crippen molar-refractivity contribution in [3.05, 3.63) is 42.4 Å². The van der Waals surface area contributed by atoms with Crippen LogP contribution >= 0.6 is 0 Å². The summed E-state index contributed by atoms with van der Waals surface area (Å²) in [5, 5.41) is 6.61. The lowest BCUT2D eigenvalue weighted by atomic mass is 10.1. The second-order valence-corrected chi connectivity index (χ2v) is 3.63. The lowest BCUT2D eigenvalue weighted by Gasteiger charge is -2.09. The van der Waals surface area contributed by atoms with E-state index in [2.05, 4.69) is 15.4 Å². The van der Waals surface area contributed by atoms with E-state index in [1.54, 1.807) is 48.5 Å². The summed E-state index contributed by atoms with van der Waals surface area (Å²) in [6.07, 6.45) is 4.89. The molecular weight excluding hydrogens is 218 g/mol. The first kappa shape index (κ1) is 11.3. The minimum Gasteiger partial charge on any atom is -0.316 e. The predicted molar refractivity (Wildman–Crippen MR) is 63.0 cm³/mol. The van der Waals surface area contributed by atoms with E-state index in [1.165, 1.54) is 0 Å². The van der Waals surface area contributed by atoms with Gasteiger partial charge in [-0.15, -0.1) is 0 Å². The molecule has 0 saturated heterocycles. The quantitative estimate of drug-likeness (QED) is 0.803. The van der Waals surface area contributed by atoms with Crippen molar-refractivity contribution >= 4 is 11.7 Å². The number of hydrogen-bond donors (Lipinski definition) is 2. The molecule has 1 unspecified atom stereocenters. The van der Waals surface area contributed by atoms with Crippen molar-refractivity contribution in [2.24, 2.45) is 12.8 Å². The third kappa shape index (κ3) is 2.67. The normalized spacial score (nSPS) is 12.1. The van der Waals surface area contributed by atoms with Crippen molar-refractivity contribution in [3.8, 4) is 0 Å². The van der Waals surface area contributed by atoms with Crippen LogP contribution in [-0.4, -0.2) is 20.7 Å². The Bertz CT molecular complexity index is 508. The van der Waals surface area contributed by atoms with E-state index in [-0.39, 0.29) is 5.91 Å². The molecule has 2 aromatic heterocycles. The van der Waals surface area contributed by atoms with Gasteiger partial charge in [0.25, 0.3) is 0 Å². The van der Waals surface area contributed by atoms with E-state index in [1.807, 2.05) is 0 Å². The molecule has 3 N–H and O–H groups in total. The van der Waals surface area contributed by atoms with Crippen molar-refractivity contribution in [1.82, 2.24) is 14.8 Å². The van der Waals surface area contributed by atoms with Crippen LogP contribution in [0.1, 0.15) is 11.6 Å². The largest absolute Gasteiger partial charge is 0.316 e. The van der Waals surface area contributed by atoms with Gasteiger partial charge in [0.2, 0.25) is 5.91 Å². The number of amides is 1. The van der Waals surface area contributed by atoms with E-state index in [9.17, 15) is 4.79 Å². The summed E-state index contributed by atoms with van der Waals surface area (Å²) in [6, 6.07) is 4.52. The molecule has 0 saturated carbocycles. The van der Waals surface area contributed by atoms with Crippen LogP contribution in [0.2, 0.25) is 0 Å². The van der Waals surface area contributed by atoms with Gasteiger partial charge in [-0.3, -0.25) is 9.48 Å². The van der Waals surface area contributed by atoms with Crippen LogP contribution in [0.15, 0.2) is 36.8 Å². The molecule has 0 fully saturated rings. The molecule has 1 atom stereocenters. The first-order valence-corrected chi connectivity index (χ1v) is 5.13. The summed E-state index contributed by atoms with van der Waals surface area (Å²) in [7, 11) is 1.77. The Morgan fingerprint density at radius 2 is 2.35 bits per heavy atom. The molecule has 0 aliphatic carbocycles. The highest BCUT2D eigenvalue weighted by atomic mass is 16.2. The van der Waals surface area contributed by atoms with Crippen molar-refractivity contribution in [2.45, 2.75) is 6.04 Å². The fourth-order valence-electron chi connectivity index (χ4n) is 1.39. The lowest BCUT2D eigenvalue weighted by Crippen LogP contribution is -2.27. The van der Waals surface area contributed by atoms with Crippen LogP contribution in [0.25, 0.3) is 0 Å². The molecule has 2 heterocycles. The lowest BCUT2D eigenvalue weighted by molar-refractivity contribution is -0.117. The molecule has 0 aromatic carbocycles. The van der Waals surface area contributed by atoms with Crippen molar-refractivity contribution in [2.75, 3.05) is 5.32 Å². The minimum absolute atomic E-state index is 0.309. The Labute approximate surface area is 98.5 Å². The van der Waals surface area contributed by atoms with Crippen LogP contribution < -0.4 is 11.1 Å². The maximum atomic E-state index is 11.8.